The summed E-state index contributed by atoms with van der Waals surface area (Å²) in [6, 6.07) is -1.73. The highest BCUT2D eigenvalue weighted by atomic mass is 31.3. The minimum absolute atomic E-state index is 1.07. The molecule has 0 saturated carbocycles. The Kier molecular flexibility index (Phi) is 6.47. The molecule has 114 valence electrons. The third kappa shape index (κ3) is 9.38. The molecule has 3 atom stereocenters. The standard InChI is InChI=1S/C3H10NO12P3/c4-2(3(5)6)1-14-18(10,11)16-19(12,13)15-17(7,8)9/h2H,1,4H2,(H,5,6)(H,10,11)(H,12,13)(H2,7,8,9)/t2-/m0/s1. The van der Waals surface area contributed by atoms with Crippen LogP contribution in [-0.2, 0) is 31.6 Å². The molecule has 0 aromatic rings. The van der Waals surface area contributed by atoms with Crippen LogP contribution < -0.4 is 5.73 Å². The summed E-state index contributed by atoms with van der Waals surface area (Å²) >= 11 is 0. The van der Waals surface area contributed by atoms with Gasteiger partial charge in [-0.15, -0.1) is 0 Å². The first kappa shape index (κ1) is 18.8. The van der Waals surface area contributed by atoms with E-state index in [-0.39, 0.29) is 0 Å². The van der Waals surface area contributed by atoms with Crippen molar-refractivity contribution in [3.8, 4) is 0 Å². The highest BCUT2D eigenvalue weighted by molar-refractivity contribution is 7.66. The van der Waals surface area contributed by atoms with Crippen molar-refractivity contribution >= 4 is 29.4 Å². The number of carbonyl (C=O) groups is 1. The number of hydrogen-bond acceptors (Lipinski definition) is 8. The van der Waals surface area contributed by atoms with Crippen LogP contribution >= 0.6 is 23.5 Å². The van der Waals surface area contributed by atoms with Crippen molar-refractivity contribution in [3.05, 3.63) is 0 Å². The van der Waals surface area contributed by atoms with Crippen molar-refractivity contribution in [2.24, 2.45) is 5.73 Å². The molecule has 7 N–H and O–H groups in total. The average Bonchev–Trinajstić information content (AvgIpc) is 2.07. The number of phosphoric ester groups is 1. The van der Waals surface area contributed by atoms with Gasteiger partial charge in [0.15, 0.2) is 0 Å². The zero-order valence-electron chi connectivity index (χ0n) is 8.80. The Balaban J connectivity index is 4.60. The normalized spacial score (nSPS) is 20.3. The fourth-order valence-corrected chi connectivity index (χ4v) is 3.59. The molecule has 0 aromatic heterocycles. The minimum Gasteiger partial charge on any atom is -0.480 e. The SMILES string of the molecule is N[C@@H](COP(=O)(O)OP(=O)(O)OP(=O)(O)O)C(=O)O. The van der Waals surface area contributed by atoms with Crippen LogP contribution in [0.1, 0.15) is 0 Å². The number of phosphoric acid groups is 3. The smallest absolute Gasteiger partial charge is 0.480 e. The summed E-state index contributed by atoms with van der Waals surface area (Å²) in [5.41, 5.74) is 4.89. The molecule has 0 radical (unpaired) electrons. The largest absolute Gasteiger partial charge is 0.490 e. The first-order chi connectivity index (χ1) is 8.24. The summed E-state index contributed by atoms with van der Waals surface area (Å²) in [6.07, 6.45) is 0. The molecule has 13 nitrogen and oxygen atoms in total. The molecule has 19 heavy (non-hydrogen) atoms. The quantitative estimate of drug-likeness (QED) is 0.283. The van der Waals surface area contributed by atoms with E-state index in [9.17, 15) is 18.5 Å². The molecular formula is C3H10NO12P3. The number of aliphatic carboxylic acids is 1. The van der Waals surface area contributed by atoms with Crippen molar-refractivity contribution < 1.29 is 56.3 Å². The van der Waals surface area contributed by atoms with Gasteiger partial charge in [-0.3, -0.25) is 9.32 Å². The number of nitrogens with two attached hydrogens (primary N) is 1. The van der Waals surface area contributed by atoms with E-state index in [4.69, 9.17) is 30.4 Å². The number of hydrogen-bond donors (Lipinski definition) is 6. The fraction of sp³-hybridized carbons (Fsp3) is 0.667. The van der Waals surface area contributed by atoms with Gasteiger partial charge in [0.05, 0.1) is 6.61 Å². The van der Waals surface area contributed by atoms with Crippen LogP contribution in [0.5, 0.6) is 0 Å². The van der Waals surface area contributed by atoms with Crippen molar-refractivity contribution in [2.75, 3.05) is 6.61 Å². The fourth-order valence-electron chi connectivity index (χ4n) is 0.549. The Morgan fingerprint density at radius 1 is 1.05 bits per heavy atom. The maximum absolute atomic E-state index is 11.0. The molecule has 0 rings (SSSR count). The first-order valence-electron chi connectivity index (χ1n) is 4.01. The monoisotopic (exact) mass is 345 g/mol. The molecule has 0 spiro atoms. The average molecular weight is 345 g/mol. The van der Waals surface area contributed by atoms with E-state index in [1.807, 2.05) is 0 Å². The van der Waals surface area contributed by atoms with Crippen LogP contribution in [0.4, 0.5) is 0 Å². The highest BCUT2D eigenvalue weighted by Crippen LogP contribution is 2.66. The van der Waals surface area contributed by atoms with Crippen molar-refractivity contribution in [1.29, 1.82) is 0 Å². The topological polar surface area (TPSA) is 223 Å². The molecule has 0 bridgehead atoms. The van der Waals surface area contributed by atoms with Crippen LogP contribution in [-0.4, -0.2) is 43.3 Å². The molecule has 0 amide bonds. The van der Waals surface area contributed by atoms with Gasteiger partial charge in [-0.25, -0.2) is 13.7 Å². The summed E-state index contributed by atoms with van der Waals surface area (Å²) in [7, 11) is -16.4. The van der Waals surface area contributed by atoms with E-state index >= 15 is 0 Å². The number of carboxylic acid groups (broad SMARTS) is 1. The number of rotatable bonds is 8. The van der Waals surface area contributed by atoms with Gasteiger partial charge in [-0.1, -0.05) is 0 Å². The lowest BCUT2D eigenvalue weighted by molar-refractivity contribution is -0.139. The summed E-state index contributed by atoms with van der Waals surface area (Å²) in [5.74, 6) is -1.60. The van der Waals surface area contributed by atoms with Gasteiger partial charge in [0.2, 0.25) is 0 Å². The second-order valence-electron chi connectivity index (χ2n) is 2.83. The van der Waals surface area contributed by atoms with Gasteiger partial charge >= 0.3 is 29.4 Å². The molecule has 0 aromatic carbocycles. The highest BCUT2D eigenvalue weighted by Gasteiger charge is 2.40. The van der Waals surface area contributed by atoms with Gasteiger partial charge in [0.1, 0.15) is 6.04 Å². The van der Waals surface area contributed by atoms with E-state index in [1.54, 1.807) is 0 Å². The summed E-state index contributed by atoms with van der Waals surface area (Å²) < 4.78 is 42.8. The number of carboxylic acids is 1. The summed E-state index contributed by atoms with van der Waals surface area (Å²) in [4.78, 5) is 44.2. The second kappa shape index (κ2) is 6.53. The Morgan fingerprint density at radius 3 is 1.89 bits per heavy atom. The van der Waals surface area contributed by atoms with Crippen LogP contribution in [0.2, 0.25) is 0 Å². The lowest BCUT2D eigenvalue weighted by Crippen LogP contribution is -2.34. The van der Waals surface area contributed by atoms with Crippen molar-refractivity contribution in [1.82, 2.24) is 0 Å². The van der Waals surface area contributed by atoms with Crippen LogP contribution in [0.25, 0.3) is 0 Å². The van der Waals surface area contributed by atoms with Crippen molar-refractivity contribution in [3.63, 3.8) is 0 Å². The predicted molar refractivity (Wildman–Crippen MR) is 55.4 cm³/mol. The van der Waals surface area contributed by atoms with E-state index in [2.05, 4.69) is 13.1 Å². The summed E-state index contributed by atoms with van der Waals surface area (Å²) in [6.45, 7) is -1.07. The Bertz CT molecular complexity index is 467. The van der Waals surface area contributed by atoms with Gasteiger partial charge < -0.3 is 30.4 Å². The molecule has 16 heteroatoms. The third-order valence-electron chi connectivity index (χ3n) is 1.15. The van der Waals surface area contributed by atoms with Crippen LogP contribution in [0.15, 0.2) is 0 Å². The van der Waals surface area contributed by atoms with Crippen LogP contribution in [0.3, 0.4) is 0 Å². The van der Waals surface area contributed by atoms with Gasteiger partial charge in [-0.2, -0.15) is 8.62 Å². The van der Waals surface area contributed by atoms with Crippen LogP contribution in [0, 0.1) is 0 Å². The van der Waals surface area contributed by atoms with E-state index in [1.165, 1.54) is 0 Å². The maximum atomic E-state index is 11.0. The van der Waals surface area contributed by atoms with E-state index in [0.717, 1.165) is 0 Å². The molecule has 2 unspecified atom stereocenters. The van der Waals surface area contributed by atoms with E-state index in [0.29, 0.717) is 0 Å². The van der Waals surface area contributed by atoms with Gasteiger partial charge in [-0.05, 0) is 0 Å². The zero-order valence-corrected chi connectivity index (χ0v) is 11.5. The van der Waals surface area contributed by atoms with Crippen molar-refractivity contribution in [2.45, 2.75) is 6.04 Å². The Morgan fingerprint density at radius 2 is 1.53 bits per heavy atom. The second-order valence-corrected chi connectivity index (χ2v) is 7.25. The molecule has 0 heterocycles. The first-order valence-corrected chi connectivity index (χ1v) is 8.53. The lowest BCUT2D eigenvalue weighted by atomic mass is 10.3. The Hall–Kier alpha value is -0.160. The lowest BCUT2D eigenvalue weighted by Gasteiger charge is -2.16. The predicted octanol–water partition coefficient (Wildman–Crippen LogP) is -1.26. The minimum atomic E-state index is -5.61. The van der Waals surface area contributed by atoms with Gasteiger partial charge in [0.25, 0.3) is 0 Å². The Labute approximate surface area is 105 Å². The molecular weight excluding hydrogens is 335 g/mol. The molecule has 0 aliphatic rings. The third-order valence-corrected chi connectivity index (χ3v) is 4.95. The maximum Gasteiger partial charge on any atom is 0.490 e. The molecule has 0 fully saturated rings. The van der Waals surface area contributed by atoms with E-state index < -0.39 is 42.1 Å². The molecule has 0 saturated heterocycles. The molecule has 0 aliphatic carbocycles. The zero-order chi connectivity index (χ0) is 15.5. The van der Waals surface area contributed by atoms with Gasteiger partial charge in [0, 0.05) is 0 Å². The summed E-state index contributed by atoms with van der Waals surface area (Å²) in [5, 5.41) is 8.32. The molecule has 0 aliphatic heterocycles.